The van der Waals surface area contributed by atoms with Gasteiger partial charge >= 0.3 is 5.97 Å². The summed E-state index contributed by atoms with van der Waals surface area (Å²) in [4.78, 5) is 30.1. The van der Waals surface area contributed by atoms with Crippen molar-refractivity contribution in [2.75, 3.05) is 40.3 Å². The third-order valence-corrected chi connectivity index (χ3v) is 4.36. The molecule has 0 bridgehead atoms. The van der Waals surface area contributed by atoms with E-state index in [0.717, 1.165) is 12.5 Å². The van der Waals surface area contributed by atoms with Crippen LogP contribution in [-0.4, -0.2) is 63.1 Å². The SMILES string of the molecule is CN=C(NCCNC(=O)c1ccccc1)N1CC(C)C(C(=O)OC)C1. The predicted molar refractivity (Wildman–Crippen MR) is 96.4 cm³/mol. The van der Waals surface area contributed by atoms with Gasteiger partial charge in [-0.05, 0) is 18.1 Å². The van der Waals surface area contributed by atoms with Gasteiger partial charge in [-0.3, -0.25) is 14.6 Å². The molecular weight excluding hydrogens is 320 g/mol. The van der Waals surface area contributed by atoms with Crippen LogP contribution in [0.15, 0.2) is 35.3 Å². The molecule has 2 N–H and O–H groups in total. The highest BCUT2D eigenvalue weighted by molar-refractivity contribution is 5.94. The van der Waals surface area contributed by atoms with E-state index >= 15 is 0 Å². The predicted octanol–water partition coefficient (Wildman–Crippen LogP) is 0.733. The summed E-state index contributed by atoms with van der Waals surface area (Å²) in [6.45, 7) is 4.41. The molecule has 1 amide bonds. The van der Waals surface area contributed by atoms with Gasteiger partial charge in [0.2, 0.25) is 0 Å². The first kappa shape index (κ1) is 18.8. The third-order valence-electron chi connectivity index (χ3n) is 4.36. The molecule has 1 aromatic rings. The Labute approximate surface area is 148 Å². The van der Waals surface area contributed by atoms with Crippen LogP contribution in [0.2, 0.25) is 0 Å². The van der Waals surface area contributed by atoms with Crippen LogP contribution in [0, 0.1) is 11.8 Å². The molecule has 7 nitrogen and oxygen atoms in total. The molecule has 2 atom stereocenters. The van der Waals surface area contributed by atoms with Crippen molar-refractivity contribution in [2.24, 2.45) is 16.8 Å². The van der Waals surface area contributed by atoms with Crippen LogP contribution >= 0.6 is 0 Å². The topological polar surface area (TPSA) is 83.0 Å². The smallest absolute Gasteiger partial charge is 0.310 e. The minimum absolute atomic E-state index is 0.0991. The number of methoxy groups -OCH3 is 1. The molecule has 0 saturated carbocycles. The van der Waals surface area contributed by atoms with E-state index in [4.69, 9.17) is 4.74 Å². The molecule has 2 rings (SSSR count). The standard InChI is InChI=1S/C18H26N4O3/c1-13-11-22(12-15(13)17(24)25-3)18(19-2)21-10-9-20-16(23)14-7-5-4-6-8-14/h4-8,13,15H,9-12H2,1-3H3,(H,19,21)(H,20,23). The van der Waals surface area contributed by atoms with Gasteiger partial charge in [0.05, 0.1) is 13.0 Å². The maximum atomic E-state index is 12.0. The fourth-order valence-corrected chi connectivity index (χ4v) is 2.97. The number of aliphatic imine (C=N–C) groups is 1. The van der Waals surface area contributed by atoms with E-state index in [1.54, 1.807) is 19.2 Å². The summed E-state index contributed by atoms with van der Waals surface area (Å²) in [7, 11) is 3.13. The summed E-state index contributed by atoms with van der Waals surface area (Å²) >= 11 is 0. The number of carbonyl (C=O) groups is 2. The van der Waals surface area contributed by atoms with Gasteiger partial charge in [0.15, 0.2) is 5.96 Å². The lowest BCUT2D eigenvalue weighted by atomic mass is 9.99. The van der Waals surface area contributed by atoms with Gasteiger partial charge < -0.3 is 20.3 Å². The van der Waals surface area contributed by atoms with E-state index in [9.17, 15) is 9.59 Å². The fraction of sp³-hybridized carbons (Fsp3) is 0.500. The number of rotatable bonds is 5. The van der Waals surface area contributed by atoms with E-state index in [0.29, 0.717) is 25.2 Å². The molecule has 25 heavy (non-hydrogen) atoms. The fourth-order valence-electron chi connectivity index (χ4n) is 2.97. The number of hydrogen-bond acceptors (Lipinski definition) is 4. The lowest BCUT2D eigenvalue weighted by molar-refractivity contribution is -0.145. The van der Waals surface area contributed by atoms with Crippen molar-refractivity contribution in [2.45, 2.75) is 6.92 Å². The van der Waals surface area contributed by atoms with Crippen molar-refractivity contribution >= 4 is 17.8 Å². The number of guanidine groups is 1. The Balaban J connectivity index is 1.78. The Morgan fingerprint density at radius 3 is 2.52 bits per heavy atom. The normalized spacial score (nSPS) is 20.3. The highest BCUT2D eigenvalue weighted by atomic mass is 16.5. The summed E-state index contributed by atoms with van der Waals surface area (Å²) in [5.41, 5.74) is 0.640. The lowest BCUT2D eigenvalue weighted by Crippen LogP contribution is -2.43. The number of nitrogens with zero attached hydrogens (tertiary/aromatic N) is 2. The first-order valence-corrected chi connectivity index (χ1v) is 8.43. The quantitative estimate of drug-likeness (QED) is 0.355. The summed E-state index contributed by atoms with van der Waals surface area (Å²) in [5.74, 6) is 0.524. The van der Waals surface area contributed by atoms with Crippen LogP contribution in [0.3, 0.4) is 0 Å². The van der Waals surface area contributed by atoms with Crippen molar-refractivity contribution in [3.05, 3.63) is 35.9 Å². The van der Waals surface area contributed by atoms with Gasteiger partial charge in [-0.2, -0.15) is 0 Å². The van der Waals surface area contributed by atoms with Crippen molar-refractivity contribution in [1.82, 2.24) is 15.5 Å². The zero-order valence-corrected chi connectivity index (χ0v) is 15.0. The number of likely N-dealkylation sites (tertiary alicyclic amines) is 1. The second kappa shape index (κ2) is 9.05. The van der Waals surface area contributed by atoms with Crippen LogP contribution in [0.25, 0.3) is 0 Å². The van der Waals surface area contributed by atoms with Crippen molar-refractivity contribution in [3.8, 4) is 0 Å². The van der Waals surface area contributed by atoms with E-state index < -0.39 is 0 Å². The van der Waals surface area contributed by atoms with Crippen LogP contribution in [-0.2, 0) is 9.53 Å². The molecular formula is C18H26N4O3. The Morgan fingerprint density at radius 2 is 1.88 bits per heavy atom. The third kappa shape index (κ3) is 4.95. The van der Waals surface area contributed by atoms with Crippen LogP contribution in [0.4, 0.5) is 0 Å². The molecule has 0 aliphatic carbocycles. The number of nitrogens with one attached hydrogen (secondary N) is 2. The highest BCUT2D eigenvalue weighted by Crippen LogP contribution is 2.23. The second-order valence-corrected chi connectivity index (χ2v) is 6.11. The molecule has 7 heteroatoms. The summed E-state index contributed by atoms with van der Waals surface area (Å²) in [6, 6.07) is 9.10. The van der Waals surface area contributed by atoms with Gasteiger partial charge in [-0.1, -0.05) is 25.1 Å². The van der Waals surface area contributed by atoms with Crippen molar-refractivity contribution in [3.63, 3.8) is 0 Å². The molecule has 0 spiro atoms. The van der Waals surface area contributed by atoms with Crippen molar-refractivity contribution in [1.29, 1.82) is 0 Å². The Kier molecular flexibility index (Phi) is 6.80. The Hall–Kier alpha value is -2.57. The molecule has 1 aromatic carbocycles. The molecule has 1 fully saturated rings. The lowest BCUT2D eigenvalue weighted by Gasteiger charge is -2.21. The first-order chi connectivity index (χ1) is 12.1. The van der Waals surface area contributed by atoms with Gasteiger partial charge in [0, 0.05) is 38.8 Å². The summed E-state index contributed by atoms with van der Waals surface area (Å²) in [6.07, 6.45) is 0. The Bertz CT molecular complexity index is 618. The van der Waals surface area contributed by atoms with Gasteiger partial charge in [0.1, 0.15) is 0 Å². The zero-order chi connectivity index (χ0) is 18.2. The number of benzene rings is 1. The van der Waals surface area contributed by atoms with E-state index in [1.807, 2.05) is 30.0 Å². The van der Waals surface area contributed by atoms with Gasteiger partial charge in [-0.25, -0.2) is 0 Å². The Morgan fingerprint density at radius 1 is 1.20 bits per heavy atom. The van der Waals surface area contributed by atoms with E-state index in [2.05, 4.69) is 15.6 Å². The second-order valence-electron chi connectivity index (χ2n) is 6.11. The van der Waals surface area contributed by atoms with Crippen LogP contribution < -0.4 is 10.6 Å². The van der Waals surface area contributed by atoms with Crippen molar-refractivity contribution < 1.29 is 14.3 Å². The maximum Gasteiger partial charge on any atom is 0.310 e. The average molecular weight is 346 g/mol. The van der Waals surface area contributed by atoms with E-state index in [-0.39, 0.29) is 23.7 Å². The number of ether oxygens (including phenoxy) is 1. The molecule has 0 aromatic heterocycles. The summed E-state index contributed by atoms with van der Waals surface area (Å²) in [5, 5.41) is 6.09. The summed E-state index contributed by atoms with van der Waals surface area (Å²) < 4.78 is 4.86. The molecule has 1 aliphatic heterocycles. The number of hydrogen-bond donors (Lipinski definition) is 2. The van der Waals surface area contributed by atoms with E-state index in [1.165, 1.54) is 7.11 Å². The minimum Gasteiger partial charge on any atom is -0.469 e. The maximum absolute atomic E-state index is 12.0. The molecule has 136 valence electrons. The number of carbonyl (C=O) groups excluding carboxylic acids is 2. The number of amides is 1. The molecule has 2 unspecified atom stereocenters. The zero-order valence-electron chi connectivity index (χ0n) is 15.0. The molecule has 1 saturated heterocycles. The molecule has 1 heterocycles. The largest absolute Gasteiger partial charge is 0.469 e. The van der Waals surface area contributed by atoms with Gasteiger partial charge in [-0.15, -0.1) is 0 Å². The molecule has 0 radical (unpaired) electrons. The molecule has 1 aliphatic rings. The monoisotopic (exact) mass is 346 g/mol. The van der Waals surface area contributed by atoms with Crippen LogP contribution in [0.1, 0.15) is 17.3 Å². The average Bonchev–Trinajstić information content (AvgIpc) is 3.03. The highest BCUT2D eigenvalue weighted by Gasteiger charge is 2.36. The van der Waals surface area contributed by atoms with Gasteiger partial charge in [0.25, 0.3) is 5.91 Å². The first-order valence-electron chi connectivity index (χ1n) is 8.43. The van der Waals surface area contributed by atoms with Crippen LogP contribution in [0.5, 0.6) is 0 Å². The minimum atomic E-state index is -0.180. The number of esters is 1.